The summed E-state index contributed by atoms with van der Waals surface area (Å²) in [6, 6.07) is 18.8. The molecule has 1 N–H and O–H groups in total. The van der Waals surface area contributed by atoms with Crippen molar-refractivity contribution in [2.24, 2.45) is 4.99 Å². The number of rotatable bonds is 3. The Morgan fingerprint density at radius 3 is 2.62 bits per heavy atom. The standard InChI is InChI=1S/C31H29FN2/c1-33-23-10-6-20(7-11-23)25-14-15-28-27-12-8-21-19-22(32)9-13-24(21)26(27)16-17-29(28)31(25)30-5-3-2-4-18-34-30/h2-3,5-7,9-11,13,16-19,25,31,33H,4,8,12,14-15H2,1H3. The third-order valence-corrected chi connectivity index (χ3v) is 7.74. The van der Waals surface area contributed by atoms with Crippen LogP contribution in [0.1, 0.15) is 52.5 Å². The maximum Gasteiger partial charge on any atom is 0.123 e. The van der Waals surface area contributed by atoms with E-state index >= 15 is 0 Å². The van der Waals surface area contributed by atoms with Gasteiger partial charge in [0, 0.05) is 37.0 Å². The van der Waals surface area contributed by atoms with Crippen molar-refractivity contribution < 1.29 is 4.39 Å². The molecule has 170 valence electrons. The highest BCUT2D eigenvalue weighted by Gasteiger charge is 2.35. The lowest BCUT2D eigenvalue weighted by atomic mass is 9.67. The molecule has 6 rings (SSSR count). The number of halogens is 1. The van der Waals surface area contributed by atoms with Crippen molar-refractivity contribution in [3.8, 4) is 11.1 Å². The highest BCUT2D eigenvalue weighted by molar-refractivity contribution is 5.76. The number of nitrogens with zero attached hydrogens (tertiary/aromatic N) is 1. The van der Waals surface area contributed by atoms with Gasteiger partial charge in [0.2, 0.25) is 0 Å². The maximum absolute atomic E-state index is 13.9. The average Bonchev–Trinajstić information content (AvgIpc) is 3.17. The second-order valence-electron chi connectivity index (χ2n) is 9.52. The number of anilines is 1. The van der Waals surface area contributed by atoms with Gasteiger partial charge in [-0.25, -0.2) is 4.39 Å². The smallest absolute Gasteiger partial charge is 0.123 e. The number of allylic oxidation sites excluding steroid dienone is 4. The summed E-state index contributed by atoms with van der Waals surface area (Å²) in [5.74, 6) is 0.470. The molecule has 0 saturated heterocycles. The van der Waals surface area contributed by atoms with Gasteiger partial charge in [0.1, 0.15) is 5.82 Å². The van der Waals surface area contributed by atoms with Gasteiger partial charge in [-0.2, -0.15) is 0 Å². The molecule has 2 unspecified atom stereocenters. The number of fused-ring (bicyclic) bond motifs is 5. The number of hydrogen-bond donors (Lipinski definition) is 1. The Kier molecular flexibility index (Phi) is 5.41. The number of benzene rings is 3. The Labute approximate surface area is 201 Å². The van der Waals surface area contributed by atoms with Crippen molar-refractivity contribution in [2.75, 3.05) is 12.4 Å². The summed E-state index contributed by atoms with van der Waals surface area (Å²) in [7, 11) is 1.96. The summed E-state index contributed by atoms with van der Waals surface area (Å²) in [6.07, 6.45) is 13.5. The summed E-state index contributed by atoms with van der Waals surface area (Å²) in [4.78, 5) is 4.93. The van der Waals surface area contributed by atoms with E-state index in [4.69, 9.17) is 4.99 Å². The van der Waals surface area contributed by atoms with Gasteiger partial charge >= 0.3 is 0 Å². The first-order valence-electron chi connectivity index (χ1n) is 12.3. The quantitative estimate of drug-likeness (QED) is 0.445. The molecule has 0 amide bonds. The predicted octanol–water partition coefficient (Wildman–Crippen LogP) is 7.36. The highest BCUT2D eigenvalue weighted by Crippen LogP contribution is 2.50. The molecule has 0 saturated carbocycles. The largest absolute Gasteiger partial charge is 0.388 e. The Bertz CT molecular complexity index is 1330. The third kappa shape index (κ3) is 3.60. The van der Waals surface area contributed by atoms with E-state index in [1.54, 1.807) is 12.1 Å². The molecule has 3 aliphatic rings. The van der Waals surface area contributed by atoms with E-state index in [2.05, 4.69) is 59.9 Å². The van der Waals surface area contributed by atoms with E-state index in [1.807, 2.05) is 19.3 Å². The zero-order valence-corrected chi connectivity index (χ0v) is 19.5. The van der Waals surface area contributed by atoms with Crippen molar-refractivity contribution in [3.05, 3.63) is 112 Å². The molecule has 2 aliphatic carbocycles. The molecule has 0 bridgehead atoms. The van der Waals surface area contributed by atoms with Gasteiger partial charge < -0.3 is 5.32 Å². The molecule has 0 spiro atoms. The number of aryl methyl sites for hydroxylation is 1. The van der Waals surface area contributed by atoms with Crippen molar-refractivity contribution in [1.29, 1.82) is 0 Å². The van der Waals surface area contributed by atoms with Crippen LogP contribution in [0.25, 0.3) is 11.1 Å². The van der Waals surface area contributed by atoms with Crippen molar-refractivity contribution >= 4 is 11.9 Å². The molecular weight excluding hydrogens is 419 g/mol. The Balaban J connectivity index is 1.49. The zero-order chi connectivity index (χ0) is 23.1. The third-order valence-electron chi connectivity index (χ3n) is 7.74. The molecule has 3 heteroatoms. The lowest BCUT2D eigenvalue weighted by molar-refractivity contribution is 0.513. The summed E-state index contributed by atoms with van der Waals surface area (Å²) in [6.45, 7) is 0. The first-order chi connectivity index (χ1) is 16.7. The van der Waals surface area contributed by atoms with E-state index in [1.165, 1.54) is 33.4 Å². The summed E-state index contributed by atoms with van der Waals surface area (Å²) < 4.78 is 13.9. The molecule has 1 heterocycles. The first kappa shape index (κ1) is 21.1. The molecule has 3 aromatic carbocycles. The van der Waals surface area contributed by atoms with Crippen LogP contribution in [0.5, 0.6) is 0 Å². The summed E-state index contributed by atoms with van der Waals surface area (Å²) in [5.41, 5.74) is 11.6. The number of nitrogens with one attached hydrogen (secondary N) is 1. The van der Waals surface area contributed by atoms with E-state index in [9.17, 15) is 4.39 Å². The monoisotopic (exact) mass is 448 g/mol. The molecule has 3 aromatic rings. The van der Waals surface area contributed by atoms with Gasteiger partial charge in [0.15, 0.2) is 0 Å². The van der Waals surface area contributed by atoms with Crippen molar-refractivity contribution in [3.63, 3.8) is 0 Å². The molecule has 2 atom stereocenters. The van der Waals surface area contributed by atoms with Crippen LogP contribution in [-0.4, -0.2) is 13.3 Å². The van der Waals surface area contributed by atoms with Crippen molar-refractivity contribution in [2.45, 2.75) is 43.9 Å². The lowest BCUT2D eigenvalue weighted by Crippen LogP contribution is -2.23. The lowest BCUT2D eigenvalue weighted by Gasteiger charge is -2.37. The average molecular weight is 449 g/mol. The fourth-order valence-corrected chi connectivity index (χ4v) is 6.12. The van der Waals surface area contributed by atoms with Gasteiger partial charge in [-0.05, 0) is 101 Å². The molecule has 0 fully saturated rings. The predicted molar refractivity (Wildman–Crippen MR) is 139 cm³/mol. The maximum atomic E-state index is 13.9. The molecule has 1 aliphatic heterocycles. The van der Waals surface area contributed by atoms with E-state index < -0.39 is 0 Å². The van der Waals surface area contributed by atoms with Crippen LogP contribution in [0.3, 0.4) is 0 Å². The van der Waals surface area contributed by atoms with Crippen molar-refractivity contribution in [1.82, 2.24) is 0 Å². The van der Waals surface area contributed by atoms with E-state index in [0.717, 1.165) is 49.1 Å². The minimum atomic E-state index is -0.140. The minimum Gasteiger partial charge on any atom is -0.388 e. The van der Waals surface area contributed by atoms with Gasteiger partial charge in [-0.3, -0.25) is 4.99 Å². The van der Waals surface area contributed by atoms with Gasteiger partial charge in [0.05, 0.1) is 0 Å². The molecule has 0 aromatic heterocycles. The van der Waals surface area contributed by atoms with Crippen LogP contribution < -0.4 is 5.32 Å². The van der Waals surface area contributed by atoms with E-state index in [0.29, 0.717) is 5.92 Å². The molecule has 0 radical (unpaired) electrons. The van der Waals surface area contributed by atoms with Crippen LogP contribution in [0.4, 0.5) is 10.1 Å². The SMILES string of the molecule is CNc1ccc(C2CCc3c(ccc4c3CCc3cc(F)ccc3-4)C2C2=CC=CCC=N2)cc1. The van der Waals surface area contributed by atoms with Crippen LogP contribution >= 0.6 is 0 Å². The number of hydrogen-bond acceptors (Lipinski definition) is 2. The summed E-state index contributed by atoms with van der Waals surface area (Å²) >= 11 is 0. The Morgan fingerprint density at radius 1 is 0.912 bits per heavy atom. The highest BCUT2D eigenvalue weighted by atomic mass is 19.1. The van der Waals surface area contributed by atoms with Crippen LogP contribution in [0, 0.1) is 5.82 Å². The fraction of sp³-hybridized carbons (Fsp3) is 0.258. The second kappa shape index (κ2) is 8.72. The summed E-state index contributed by atoms with van der Waals surface area (Å²) in [5, 5.41) is 3.23. The minimum absolute atomic E-state index is 0.140. The fourth-order valence-electron chi connectivity index (χ4n) is 6.12. The molecule has 2 nitrogen and oxygen atoms in total. The van der Waals surface area contributed by atoms with E-state index in [-0.39, 0.29) is 11.7 Å². The van der Waals surface area contributed by atoms with Gasteiger partial charge in [-0.1, -0.05) is 42.5 Å². The van der Waals surface area contributed by atoms with Crippen LogP contribution in [0.15, 0.2) is 83.5 Å². The second-order valence-corrected chi connectivity index (χ2v) is 9.52. The topological polar surface area (TPSA) is 24.4 Å². The molecular formula is C31H29FN2. The van der Waals surface area contributed by atoms with Gasteiger partial charge in [-0.15, -0.1) is 0 Å². The normalized spacial score (nSPS) is 20.6. The molecule has 34 heavy (non-hydrogen) atoms. The Morgan fingerprint density at radius 2 is 1.76 bits per heavy atom. The Hall–Kier alpha value is -3.46. The van der Waals surface area contributed by atoms with Crippen LogP contribution in [-0.2, 0) is 19.3 Å². The number of aliphatic imine (C=N–C) groups is 1. The first-order valence-corrected chi connectivity index (χ1v) is 12.3. The van der Waals surface area contributed by atoms with Gasteiger partial charge in [0.25, 0.3) is 0 Å². The zero-order valence-electron chi connectivity index (χ0n) is 19.5. The van der Waals surface area contributed by atoms with Crippen LogP contribution in [0.2, 0.25) is 0 Å².